The van der Waals surface area contributed by atoms with Crippen LogP contribution < -0.4 is 5.32 Å². The van der Waals surface area contributed by atoms with Crippen molar-refractivity contribution < 1.29 is 14.3 Å². The van der Waals surface area contributed by atoms with E-state index in [1.165, 1.54) is 0 Å². The number of hydrogen-bond acceptors (Lipinski definition) is 5. The Hall–Kier alpha value is -2.68. The summed E-state index contributed by atoms with van der Waals surface area (Å²) in [5, 5.41) is 21.3. The predicted molar refractivity (Wildman–Crippen MR) is 135 cm³/mol. The van der Waals surface area contributed by atoms with Crippen LogP contribution in [-0.2, 0) is 17.6 Å². The number of H-pyrrole nitrogens is 1. The minimum absolute atomic E-state index is 0.0259. The zero-order valence-electron chi connectivity index (χ0n) is 19.7. The largest absolute Gasteiger partial charge is 0.481 e. The molecule has 0 amide bonds. The number of aryl methyl sites for hydroxylation is 2. The fourth-order valence-corrected chi connectivity index (χ4v) is 4.94. The fraction of sp³-hybridized carbons (Fsp3) is 0.400. The number of pyridine rings is 1. The van der Waals surface area contributed by atoms with Crippen LogP contribution in [0.2, 0.25) is 10.0 Å². The van der Waals surface area contributed by atoms with Crippen molar-refractivity contribution in [1.82, 2.24) is 20.1 Å². The highest BCUT2D eigenvalue weighted by molar-refractivity contribution is 6.42. The van der Waals surface area contributed by atoms with E-state index in [-0.39, 0.29) is 12.1 Å². The van der Waals surface area contributed by atoms with E-state index in [1.807, 2.05) is 25.1 Å². The number of nitrogens with one attached hydrogen (secondary N) is 2. The molecule has 4 rings (SSSR count). The van der Waals surface area contributed by atoms with Crippen LogP contribution in [0.25, 0.3) is 0 Å². The van der Waals surface area contributed by atoms with Crippen molar-refractivity contribution in [2.75, 3.05) is 25.0 Å². The molecule has 1 fully saturated rings. The molecular weight excluding hydrogens is 492 g/mol. The molecule has 7 nitrogen and oxygen atoms in total. The number of carboxylic acids is 1. The lowest BCUT2D eigenvalue weighted by Crippen LogP contribution is -2.46. The van der Waals surface area contributed by atoms with Crippen LogP contribution in [0.4, 0.5) is 16.0 Å². The normalized spacial score (nSPS) is 15.8. The van der Waals surface area contributed by atoms with Gasteiger partial charge in [-0.3, -0.25) is 9.89 Å². The van der Waals surface area contributed by atoms with Gasteiger partial charge in [0.1, 0.15) is 11.6 Å². The summed E-state index contributed by atoms with van der Waals surface area (Å²) in [6, 6.07) is 8.98. The number of halogens is 3. The average Bonchev–Trinajstić information content (AvgIpc) is 3.23. The molecular formula is C25H28Cl2FN5O2. The number of anilines is 2. The van der Waals surface area contributed by atoms with Crippen molar-refractivity contribution in [2.45, 2.75) is 39.5 Å². The number of aliphatic carboxylic acids is 1. The van der Waals surface area contributed by atoms with Crippen LogP contribution in [0.3, 0.4) is 0 Å². The van der Waals surface area contributed by atoms with E-state index in [2.05, 4.69) is 25.4 Å². The Kier molecular flexibility index (Phi) is 7.64. The summed E-state index contributed by atoms with van der Waals surface area (Å²) in [5.41, 5.74) is 1.32. The van der Waals surface area contributed by atoms with E-state index in [0.29, 0.717) is 53.2 Å². The number of benzene rings is 1. The smallest absolute Gasteiger partial charge is 0.310 e. The van der Waals surface area contributed by atoms with Gasteiger partial charge in [-0.1, -0.05) is 35.3 Å². The Morgan fingerprint density at radius 3 is 2.63 bits per heavy atom. The van der Waals surface area contributed by atoms with Gasteiger partial charge in [0.05, 0.1) is 21.2 Å². The van der Waals surface area contributed by atoms with Crippen LogP contribution >= 0.6 is 23.2 Å². The van der Waals surface area contributed by atoms with Gasteiger partial charge < -0.3 is 15.3 Å². The molecule has 1 aromatic carbocycles. The Morgan fingerprint density at radius 1 is 1.23 bits per heavy atom. The monoisotopic (exact) mass is 519 g/mol. The van der Waals surface area contributed by atoms with Crippen molar-refractivity contribution in [3.05, 3.63) is 68.7 Å². The van der Waals surface area contributed by atoms with E-state index in [4.69, 9.17) is 23.2 Å². The zero-order chi connectivity index (χ0) is 25.2. The summed E-state index contributed by atoms with van der Waals surface area (Å²) in [6.07, 6.45) is 1.55. The molecule has 2 aromatic heterocycles. The lowest BCUT2D eigenvalue weighted by molar-refractivity contribution is -0.152. The Labute approximate surface area is 213 Å². The summed E-state index contributed by atoms with van der Waals surface area (Å²) in [7, 11) is 0. The molecule has 0 aliphatic carbocycles. The first-order valence-corrected chi connectivity index (χ1v) is 12.3. The van der Waals surface area contributed by atoms with E-state index >= 15 is 4.39 Å². The summed E-state index contributed by atoms with van der Waals surface area (Å²) >= 11 is 12.4. The van der Waals surface area contributed by atoms with Gasteiger partial charge in [0, 0.05) is 24.7 Å². The number of carboxylic acid groups (broad SMARTS) is 1. The van der Waals surface area contributed by atoms with Crippen LogP contribution in [0, 0.1) is 25.1 Å². The lowest BCUT2D eigenvalue weighted by Gasteiger charge is -2.39. The van der Waals surface area contributed by atoms with Crippen LogP contribution in [0.1, 0.15) is 35.4 Å². The van der Waals surface area contributed by atoms with Crippen molar-refractivity contribution in [1.29, 1.82) is 0 Å². The third-order valence-electron chi connectivity index (χ3n) is 6.67. The molecule has 0 bridgehead atoms. The van der Waals surface area contributed by atoms with E-state index in [1.54, 1.807) is 19.1 Å². The number of likely N-dealkylation sites (tertiary alicyclic amines) is 1. The van der Waals surface area contributed by atoms with Gasteiger partial charge in [0.15, 0.2) is 5.82 Å². The third kappa shape index (κ3) is 5.77. The minimum Gasteiger partial charge on any atom is -0.481 e. The molecule has 3 N–H and O–H groups in total. The number of hydrogen-bond donors (Lipinski definition) is 3. The molecule has 186 valence electrons. The molecule has 1 saturated heterocycles. The first kappa shape index (κ1) is 25.4. The highest BCUT2D eigenvalue weighted by Crippen LogP contribution is 2.37. The topological polar surface area (TPSA) is 94.1 Å². The van der Waals surface area contributed by atoms with Crippen molar-refractivity contribution in [3.63, 3.8) is 0 Å². The number of nitrogens with zero attached hydrogens (tertiary/aromatic N) is 3. The van der Waals surface area contributed by atoms with Gasteiger partial charge in [0.25, 0.3) is 0 Å². The number of aromatic amines is 1. The van der Waals surface area contributed by atoms with Crippen molar-refractivity contribution >= 4 is 40.8 Å². The predicted octanol–water partition coefficient (Wildman–Crippen LogP) is 5.56. The molecule has 10 heteroatoms. The third-order valence-corrected chi connectivity index (χ3v) is 7.53. The highest BCUT2D eigenvalue weighted by atomic mass is 35.5. The number of aromatic nitrogens is 3. The van der Waals surface area contributed by atoms with Crippen LogP contribution in [-0.4, -0.2) is 50.8 Å². The fourth-order valence-electron chi connectivity index (χ4n) is 4.53. The second-order valence-electron chi connectivity index (χ2n) is 9.21. The molecule has 0 spiro atoms. The van der Waals surface area contributed by atoms with E-state index in [0.717, 1.165) is 24.2 Å². The van der Waals surface area contributed by atoms with Gasteiger partial charge in [-0.05, 0) is 69.5 Å². The highest BCUT2D eigenvalue weighted by Gasteiger charge is 2.42. The first-order valence-electron chi connectivity index (χ1n) is 11.5. The summed E-state index contributed by atoms with van der Waals surface area (Å²) in [6.45, 7) is 5.45. The van der Waals surface area contributed by atoms with E-state index < -0.39 is 17.2 Å². The maximum atomic E-state index is 15.0. The van der Waals surface area contributed by atoms with Gasteiger partial charge in [-0.25, -0.2) is 9.37 Å². The quantitative estimate of drug-likeness (QED) is 0.360. The molecule has 1 aliphatic heterocycles. The SMILES string of the molecule is Cc1cc(Nc2cc(C)c(F)c(CC3(C(=O)O)CCN(CCc4cccc(Cl)c4Cl)CC3)n2)n[nH]1. The van der Waals surface area contributed by atoms with Gasteiger partial charge in [-0.2, -0.15) is 5.10 Å². The van der Waals surface area contributed by atoms with Gasteiger partial charge >= 0.3 is 5.97 Å². The average molecular weight is 520 g/mol. The van der Waals surface area contributed by atoms with Crippen molar-refractivity contribution in [2.24, 2.45) is 5.41 Å². The Balaban J connectivity index is 1.45. The Bertz CT molecular complexity index is 1220. The lowest BCUT2D eigenvalue weighted by atomic mass is 9.74. The second kappa shape index (κ2) is 10.5. The van der Waals surface area contributed by atoms with Crippen LogP contribution in [0.15, 0.2) is 30.3 Å². The molecule has 0 radical (unpaired) electrons. The Morgan fingerprint density at radius 2 is 1.97 bits per heavy atom. The molecule has 1 aliphatic rings. The maximum absolute atomic E-state index is 15.0. The summed E-state index contributed by atoms with van der Waals surface area (Å²) in [4.78, 5) is 19.0. The summed E-state index contributed by atoms with van der Waals surface area (Å²) < 4.78 is 15.0. The minimum atomic E-state index is -1.08. The molecule has 0 saturated carbocycles. The number of carbonyl (C=O) groups is 1. The standard InChI is InChI=1S/C25H28Cl2FN5O2/c1-15-12-20(30-21-13-16(2)31-32-21)29-19(23(15)28)14-25(24(34)35)7-10-33(11-8-25)9-6-17-4-3-5-18(26)22(17)27/h3-5,12-13H,6-11,14H2,1-2H3,(H,34,35)(H2,29,30,31,32). The zero-order valence-corrected chi connectivity index (χ0v) is 21.2. The van der Waals surface area contributed by atoms with Gasteiger partial charge in [0.2, 0.25) is 0 Å². The van der Waals surface area contributed by atoms with E-state index in [9.17, 15) is 9.90 Å². The molecule has 35 heavy (non-hydrogen) atoms. The van der Waals surface area contributed by atoms with Crippen LogP contribution in [0.5, 0.6) is 0 Å². The number of piperidine rings is 1. The first-order chi connectivity index (χ1) is 16.7. The molecule has 3 heterocycles. The molecule has 0 atom stereocenters. The second-order valence-corrected chi connectivity index (χ2v) is 10.00. The number of rotatable bonds is 8. The molecule has 3 aromatic rings. The summed E-state index contributed by atoms with van der Waals surface area (Å²) in [5.74, 6) is -0.391. The maximum Gasteiger partial charge on any atom is 0.310 e. The van der Waals surface area contributed by atoms with Gasteiger partial charge in [-0.15, -0.1) is 0 Å². The molecule has 0 unspecified atom stereocenters. The van der Waals surface area contributed by atoms with Crippen molar-refractivity contribution in [3.8, 4) is 0 Å².